The summed E-state index contributed by atoms with van der Waals surface area (Å²) >= 11 is 0. The molecule has 1 amide bonds. The van der Waals surface area contributed by atoms with Crippen LogP contribution in [0.3, 0.4) is 0 Å². The highest BCUT2D eigenvalue weighted by atomic mass is 19.1. The maximum Gasteiger partial charge on any atom is 0.292 e. The van der Waals surface area contributed by atoms with Gasteiger partial charge in [-0.15, -0.1) is 0 Å². The van der Waals surface area contributed by atoms with Crippen LogP contribution in [0, 0.1) is 5.82 Å². The second-order valence-electron chi connectivity index (χ2n) is 5.59. The largest absolute Gasteiger partial charge is 0.489 e. The van der Waals surface area contributed by atoms with Gasteiger partial charge in [-0.1, -0.05) is 18.2 Å². The highest BCUT2D eigenvalue weighted by Gasteiger charge is 2.14. The van der Waals surface area contributed by atoms with Gasteiger partial charge in [0.15, 0.2) is 11.6 Å². The Hall–Kier alpha value is -3.61. The average molecular weight is 351 g/mol. The first-order valence-electron chi connectivity index (χ1n) is 7.90. The predicted octanol–water partition coefficient (Wildman–Crippen LogP) is 4.13. The number of anilines is 1. The summed E-state index contributed by atoms with van der Waals surface area (Å²) in [4.78, 5) is 12.1. The number of benzene rings is 2. The van der Waals surface area contributed by atoms with Gasteiger partial charge in [0.25, 0.3) is 5.91 Å². The molecule has 130 valence electrons. The first kappa shape index (κ1) is 15.9. The Labute approximate surface area is 147 Å². The molecule has 0 aliphatic rings. The van der Waals surface area contributed by atoms with Crippen molar-refractivity contribution in [3.8, 4) is 5.75 Å². The van der Waals surface area contributed by atoms with Crippen molar-refractivity contribution in [1.82, 2.24) is 10.2 Å². The molecule has 0 saturated carbocycles. The van der Waals surface area contributed by atoms with Crippen LogP contribution in [-0.2, 0) is 6.61 Å². The summed E-state index contributed by atoms with van der Waals surface area (Å²) in [7, 11) is 0. The Morgan fingerprint density at radius 3 is 2.88 bits per heavy atom. The second kappa shape index (κ2) is 6.72. The van der Waals surface area contributed by atoms with Gasteiger partial charge in [0.2, 0.25) is 0 Å². The number of ether oxygens (including phenoxy) is 1. The number of halogens is 1. The molecule has 2 aromatic carbocycles. The summed E-state index contributed by atoms with van der Waals surface area (Å²) in [5.41, 5.74) is 1.20. The SMILES string of the molecule is O=C(Nc1n[nH]c2ccc(OCc3ccccc3F)cc12)c1ccco1. The first-order valence-corrected chi connectivity index (χ1v) is 7.90. The van der Waals surface area contributed by atoms with Crippen LogP contribution in [-0.4, -0.2) is 16.1 Å². The zero-order chi connectivity index (χ0) is 17.9. The topological polar surface area (TPSA) is 80.2 Å². The number of amides is 1. The van der Waals surface area contributed by atoms with E-state index in [1.165, 1.54) is 12.3 Å². The number of aromatic nitrogens is 2. The minimum absolute atomic E-state index is 0.101. The molecule has 0 fully saturated rings. The van der Waals surface area contributed by atoms with Crippen molar-refractivity contribution in [3.05, 3.63) is 78.0 Å². The summed E-state index contributed by atoms with van der Waals surface area (Å²) in [5, 5.41) is 10.3. The molecule has 6 nitrogen and oxygen atoms in total. The maximum absolute atomic E-state index is 13.7. The maximum atomic E-state index is 13.7. The van der Waals surface area contributed by atoms with Crippen LogP contribution >= 0.6 is 0 Å². The van der Waals surface area contributed by atoms with Crippen LogP contribution in [0.5, 0.6) is 5.75 Å². The normalized spacial score (nSPS) is 10.8. The van der Waals surface area contributed by atoms with E-state index in [0.717, 1.165) is 5.52 Å². The Morgan fingerprint density at radius 1 is 1.19 bits per heavy atom. The molecule has 2 heterocycles. The van der Waals surface area contributed by atoms with Gasteiger partial charge in [0.05, 0.1) is 11.8 Å². The molecule has 0 spiro atoms. The van der Waals surface area contributed by atoms with Crippen LogP contribution in [0.2, 0.25) is 0 Å². The fraction of sp³-hybridized carbons (Fsp3) is 0.0526. The number of nitrogens with one attached hydrogen (secondary N) is 2. The van der Waals surface area contributed by atoms with E-state index in [2.05, 4.69) is 15.5 Å². The number of hydrogen-bond acceptors (Lipinski definition) is 4. The van der Waals surface area contributed by atoms with Crippen LogP contribution in [0.25, 0.3) is 10.9 Å². The fourth-order valence-corrected chi connectivity index (χ4v) is 2.53. The van der Waals surface area contributed by atoms with Crippen molar-refractivity contribution in [2.75, 3.05) is 5.32 Å². The third-order valence-corrected chi connectivity index (χ3v) is 3.86. The standard InChI is InChI=1S/C19H14FN3O3/c20-15-5-2-1-4-12(15)11-26-13-7-8-16-14(10-13)18(23-22-16)21-19(24)17-6-3-9-25-17/h1-10H,11H2,(H2,21,22,23,24). The lowest BCUT2D eigenvalue weighted by Gasteiger charge is -2.07. The van der Waals surface area contributed by atoms with E-state index in [-0.39, 0.29) is 18.2 Å². The minimum atomic E-state index is -0.402. The van der Waals surface area contributed by atoms with E-state index in [4.69, 9.17) is 9.15 Å². The molecule has 26 heavy (non-hydrogen) atoms. The summed E-state index contributed by atoms with van der Waals surface area (Å²) in [6.07, 6.45) is 1.42. The molecule has 2 aromatic heterocycles. The number of carbonyl (C=O) groups is 1. The molecular formula is C19H14FN3O3. The quantitative estimate of drug-likeness (QED) is 0.567. The Morgan fingerprint density at radius 2 is 2.08 bits per heavy atom. The lowest BCUT2D eigenvalue weighted by atomic mass is 10.2. The van der Waals surface area contributed by atoms with Crippen molar-refractivity contribution >= 4 is 22.6 Å². The molecule has 0 aliphatic heterocycles. The molecule has 0 saturated heterocycles. The van der Waals surface area contributed by atoms with Gasteiger partial charge in [-0.2, -0.15) is 5.10 Å². The van der Waals surface area contributed by atoms with Gasteiger partial charge in [-0.05, 0) is 36.4 Å². The Kier molecular flexibility index (Phi) is 4.10. The molecule has 2 N–H and O–H groups in total. The van der Waals surface area contributed by atoms with Crippen molar-refractivity contribution in [1.29, 1.82) is 0 Å². The highest BCUT2D eigenvalue weighted by molar-refractivity contribution is 6.06. The summed E-state index contributed by atoms with van der Waals surface area (Å²) in [6, 6.07) is 14.9. The summed E-state index contributed by atoms with van der Waals surface area (Å²) in [5.74, 6) is 0.367. The van der Waals surface area contributed by atoms with E-state index >= 15 is 0 Å². The number of carbonyl (C=O) groups excluding carboxylic acids is 1. The summed E-state index contributed by atoms with van der Waals surface area (Å²) < 4.78 is 24.4. The summed E-state index contributed by atoms with van der Waals surface area (Å²) in [6.45, 7) is 0.101. The highest BCUT2D eigenvalue weighted by Crippen LogP contribution is 2.26. The molecular weight excluding hydrogens is 337 g/mol. The monoisotopic (exact) mass is 351 g/mol. The van der Waals surface area contributed by atoms with E-state index in [9.17, 15) is 9.18 Å². The predicted molar refractivity (Wildman–Crippen MR) is 93.5 cm³/mol. The number of nitrogens with zero attached hydrogens (tertiary/aromatic N) is 1. The third kappa shape index (κ3) is 3.14. The van der Waals surface area contributed by atoms with Crippen LogP contribution in [0.1, 0.15) is 16.1 Å². The molecule has 4 rings (SSSR count). The van der Waals surface area contributed by atoms with Gasteiger partial charge in [-0.25, -0.2) is 4.39 Å². The first-order chi connectivity index (χ1) is 12.7. The molecule has 0 unspecified atom stereocenters. The van der Waals surface area contributed by atoms with Gasteiger partial charge in [-0.3, -0.25) is 9.89 Å². The van der Waals surface area contributed by atoms with Gasteiger partial charge < -0.3 is 14.5 Å². The lowest BCUT2D eigenvalue weighted by molar-refractivity contribution is 0.0996. The molecule has 0 radical (unpaired) electrons. The zero-order valence-electron chi connectivity index (χ0n) is 13.5. The zero-order valence-corrected chi connectivity index (χ0v) is 13.5. The second-order valence-corrected chi connectivity index (χ2v) is 5.59. The third-order valence-electron chi connectivity index (χ3n) is 3.86. The van der Waals surface area contributed by atoms with Crippen molar-refractivity contribution < 1.29 is 18.3 Å². The number of aromatic amines is 1. The molecule has 0 bridgehead atoms. The van der Waals surface area contributed by atoms with E-state index < -0.39 is 5.91 Å². The number of rotatable bonds is 5. The molecule has 7 heteroatoms. The van der Waals surface area contributed by atoms with E-state index in [1.54, 1.807) is 48.5 Å². The van der Waals surface area contributed by atoms with E-state index in [1.807, 2.05) is 0 Å². The van der Waals surface area contributed by atoms with Gasteiger partial charge in [0.1, 0.15) is 18.2 Å². The Bertz CT molecular complexity index is 1060. The fourth-order valence-electron chi connectivity index (χ4n) is 2.53. The van der Waals surface area contributed by atoms with Gasteiger partial charge in [0, 0.05) is 10.9 Å². The molecule has 0 aliphatic carbocycles. The van der Waals surface area contributed by atoms with E-state index in [0.29, 0.717) is 22.5 Å². The average Bonchev–Trinajstić information content (AvgIpc) is 3.31. The van der Waals surface area contributed by atoms with Crippen molar-refractivity contribution in [3.63, 3.8) is 0 Å². The van der Waals surface area contributed by atoms with Crippen molar-refractivity contribution in [2.24, 2.45) is 0 Å². The molecule has 0 atom stereocenters. The molecule has 4 aromatic rings. The minimum Gasteiger partial charge on any atom is -0.489 e. The number of H-pyrrole nitrogens is 1. The number of furan rings is 1. The van der Waals surface area contributed by atoms with Crippen LogP contribution in [0.4, 0.5) is 10.2 Å². The smallest absolute Gasteiger partial charge is 0.292 e. The Balaban J connectivity index is 1.54. The lowest BCUT2D eigenvalue weighted by Crippen LogP contribution is -2.11. The van der Waals surface area contributed by atoms with Gasteiger partial charge >= 0.3 is 0 Å². The number of hydrogen-bond donors (Lipinski definition) is 2. The van der Waals surface area contributed by atoms with Crippen molar-refractivity contribution in [2.45, 2.75) is 6.61 Å². The van der Waals surface area contributed by atoms with Crippen LogP contribution in [0.15, 0.2) is 65.3 Å². The number of fused-ring (bicyclic) bond motifs is 1. The van der Waals surface area contributed by atoms with Crippen LogP contribution < -0.4 is 10.1 Å².